The van der Waals surface area contributed by atoms with Gasteiger partial charge in [0.1, 0.15) is 12.4 Å². The molecule has 0 spiro atoms. The number of carbonyl (C=O) groups excluding carboxylic acids is 1. The van der Waals surface area contributed by atoms with Gasteiger partial charge >= 0.3 is 0 Å². The van der Waals surface area contributed by atoms with E-state index in [4.69, 9.17) is 9.15 Å². The Morgan fingerprint density at radius 2 is 2.00 bits per heavy atom. The fourth-order valence-corrected chi connectivity index (χ4v) is 1.71. The lowest BCUT2D eigenvalue weighted by Gasteiger charge is -2.07. The van der Waals surface area contributed by atoms with Gasteiger partial charge in [-0.15, -0.1) is 0 Å². The maximum Gasteiger partial charge on any atom is 0.287 e. The van der Waals surface area contributed by atoms with Gasteiger partial charge in [-0.25, -0.2) is 0 Å². The van der Waals surface area contributed by atoms with Gasteiger partial charge in [0.25, 0.3) is 5.91 Å². The smallest absolute Gasteiger partial charge is 0.287 e. The summed E-state index contributed by atoms with van der Waals surface area (Å²) in [5.74, 6) is 0.837. The fraction of sp³-hybridized carbons (Fsp3) is 0.267. The van der Waals surface area contributed by atoms with Crippen LogP contribution in [0.15, 0.2) is 47.1 Å². The molecule has 1 aromatic heterocycles. The van der Waals surface area contributed by atoms with Gasteiger partial charge in [-0.1, -0.05) is 18.2 Å². The van der Waals surface area contributed by atoms with E-state index in [2.05, 4.69) is 10.6 Å². The molecule has 0 atom stereocenters. The second-order valence-electron chi connectivity index (χ2n) is 4.24. The van der Waals surface area contributed by atoms with E-state index < -0.39 is 0 Å². The van der Waals surface area contributed by atoms with Crippen molar-refractivity contribution in [3.63, 3.8) is 0 Å². The standard InChI is InChI=1S/C15H18N2O3/c1-16-8-9-17-15(18)14-12(7-10-19-14)11-20-13-5-3-2-4-6-13/h2-7,10,16H,8-9,11H2,1H3,(H,17,18). The first kappa shape index (κ1) is 14.1. The van der Waals surface area contributed by atoms with Crippen LogP contribution in [0.2, 0.25) is 0 Å². The molecule has 5 heteroatoms. The molecule has 0 aliphatic carbocycles. The molecule has 0 unspecified atom stereocenters. The highest BCUT2D eigenvalue weighted by Gasteiger charge is 2.15. The number of amides is 1. The molecule has 1 amide bonds. The number of hydrogen-bond donors (Lipinski definition) is 2. The predicted molar refractivity (Wildman–Crippen MR) is 75.7 cm³/mol. The van der Waals surface area contributed by atoms with Crippen LogP contribution >= 0.6 is 0 Å². The molecule has 0 saturated heterocycles. The lowest BCUT2D eigenvalue weighted by atomic mass is 10.2. The first-order chi connectivity index (χ1) is 9.81. The van der Waals surface area contributed by atoms with E-state index in [1.165, 1.54) is 6.26 Å². The molecule has 0 fully saturated rings. The summed E-state index contributed by atoms with van der Waals surface area (Å²) in [4.78, 5) is 11.9. The van der Waals surface area contributed by atoms with Crippen molar-refractivity contribution in [3.8, 4) is 5.75 Å². The van der Waals surface area contributed by atoms with Gasteiger partial charge in [-0.05, 0) is 25.2 Å². The summed E-state index contributed by atoms with van der Waals surface area (Å²) in [6.45, 7) is 1.56. The van der Waals surface area contributed by atoms with E-state index in [-0.39, 0.29) is 5.91 Å². The summed E-state index contributed by atoms with van der Waals surface area (Å²) in [6, 6.07) is 11.2. The Bertz CT molecular complexity index is 537. The zero-order valence-electron chi connectivity index (χ0n) is 11.4. The van der Waals surface area contributed by atoms with Gasteiger partial charge in [0.05, 0.1) is 6.26 Å². The molecule has 0 radical (unpaired) electrons. The molecule has 2 rings (SSSR count). The highest BCUT2D eigenvalue weighted by Crippen LogP contribution is 2.15. The van der Waals surface area contributed by atoms with Gasteiger partial charge in [-0.3, -0.25) is 4.79 Å². The lowest BCUT2D eigenvalue weighted by molar-refractivity contribution is 0.0923. The second-order valence-corrected chi connectivity index (χ2v) is 4.24. The highest BCUT2D eigenvalue weighted by molar-refractivity contribution is 5.92. The zero-order chi connectivity index (χ0) is 14.2. The molecule has 1 heterocycles. The topological polar surface area (TPSA) is 63.5 Å². The number of rotatable bonds is 7. The van der Waals surface area contributed by atoms with Crippen molar-refractivity contribution in [1.82, 2.24) is 10.6 Å². The van der Waals surface area contributed by atoms with Crippen molar-refractivity contribution >= 4 is 5.91 Å². The minimum atomic E-state index is -0.225. The summed E-state index contributed by atoms with van der Waals surface area (Å²) in [6.07, 6.45) is 1.50. The Balaban J connectivity index is 1.93. The quantitative estimate of drug-likeness (QED) is 0.756. The summed E-state index contributed by atoms with van der Waals surface area (Å²) < 4.78 is 10.8. The number of furan rings is 1. The average Bonchev–Trinajstić information content (AvgIpc) is 2.95. The van der Waals surface area contributed by atoms with Crippen molar-refractivity contribution in [3.05, 3.63) is 54.0 Å². The minimum Gasteiger partial charge on any atom is -0.489 e. The monoisotopic (exact) mass is 274 g/mol. The highest BCUT2D eigenvalue weighted by atomic mass is 16.5. The number of para-hydroxylation sites is 1. The van der Waals surface area contributed by atoms with Crippen molar-refractivity contribution < 1.29 is 13.9 Å². The zero-order valence-corrected chi connectivity index (χ0v) is 11.4. The summed E-state index contributed by atoms with van der Waals surface area (Å²) in [7, 11) is 1.83. The number of hydrogen-bond acceptors (Lipinski definition) is 4. The summed E-state index contributed by atoms with van der Waals surface area (Å²) in [5.41, 5.74) is 0.732. The maximum atomic E-state index is 11.9. The molecular formula is C15H18N2O3. The molecule has 0 aliphatic heterocycles. The van der Waals surface area contributed by atoms with Gasteiger partial charge in [0.2, 0.25) is 0 Å². The number of likely N-dealkylation sites (N-methyl/N-ethyl adjacent to an activating group) is 1. The van der Waals surface area contributed by atoms with Crippen molar-refractivity contribution in [1.29, 1.82) is 0 Å². The molecule has 0 saturated carbocycles. The van der Waals surface area contributed by atoms with Crippen molar-refractivity contribution in [2.75, 3.05) is 20.1 Å². The number of carbonyl (C=O) groups is 1. The fourth-order valence-electron chi connectivity index (χ4n) is 1.71. The van der Waals surface area contributed by atoms with Crippen LogP contribution < -0.4 is 15.4 Å². The number of benzene rings is 1. The molecule has 20 heavy (non-hydrogen) atoms. The largest absolute Gasteiger partial charge is 0.489 e. The van der Waals surface area contributed by atoms with Crippen LogP contribution in [0, 0.1) is 0 Å². The van der Waals surface area contributed by atoms with Gasteiger partial charge < -0.3 is 19.8 Å². The molecular weight excluding hydrogens is 256 g/mol. The van der Waals surface area contributed by atoms with E-state index in [0.717, 1.165) is 11.3 Å². The minimum absolute atomic E-state index is 0.225. The Morgan fingerprint density at radius 1 is 1.20 bits per heavy atom. The van der Waals surface area contributed by atoms with E-state index in [0.29, 0.717) is 25.5 Å². The third-order valence-corrected chi connectivity index (χ3v) is 2.75. The molecule has 1 aromatic carbocycles. The second kappa shape index (κ2) is 7.35. The van der Waals surface area contributed by atoms with Crippen molar-refractivity contribution in [2.24, 2.45) is 0 Å². The molecule has 0 bridgehead atoms. The number of nitrogens with one attached hydrogen (secondary N) is 2. The van der Waals surface area contributed by atoms with E-state index in [9.17, 15) is 4.79 Å². The Labute approximate surface area is 117 Å². The Morgan fingerprint density at radius 3 is 2.75 bits per heavy atom. The summed E-state index contributed by atoms with van der Waals surface area (Å²) >= 11 is 0. The Kier molecular flexibility index (Phi) is 5.20. The van der Waals surface area contributed by atoms with Crippen LogP contribution in [-0.4, -0.2) is 26.0 Å². The third kappa shape index (κ3) is 3.86. The molecule has 5 nitrogen and oxygen atoms in total. The molecule has 2 aromatic rings. The van der Waals surface area contributed by atoms with Gasteiger partial charge in [0.15, 0.2) is 5.76 Å². The predicted octanol–water partition coefficient (Wildman–Crippen LogP) is 1.81. The van der Waals surface area contributed by atoms with E-state index >= 15 is 0 Å². The van der Waals surface area contributed by atoms with Crippen LogP contribution in [0.25, 0.3) is 0 Å². The molecule has 2 N–H and O–H groups in total. The average molecular weight is 274 g/mol. The lowest BCUT2D eigenvalue weighted by Crippen LogP contribution is -2.30. The van der Waals surface area contributed by atoms with Crippen LogP contribution in [0.5, 0.6) is 5.75 Å². The summed E-state index contributed by atoms with van der Waals surface area (Å²) in [5, 5.41) is 5.73. The SMILES string of the molecule is CNCCNC(=O)c1occc1COc1ccccc1. The van der Waals surface area contributed by atoms with Crippen molar-refractivity contribution in [2.45, 2.75) is 6.61 Å². The molecule has 0 aliphatic rings. The first-order valence-electron chi connectivity index (χ1n) is 6.48. The number of ether oxygens (including phenoxy) is 1. The third-order valence-electron chi connectivity index (χ3n) is 2.75. The Hall–Kier alpha value is -2.27. The van der Waals surface area contributed by atoms with Crippen LogP contribution in [-0.2, 0) is 6.61 Å². The van der Waals surface area contributed by atoms with E-state index in [1.54, 1.807) is 6.07 Å². The van der Waals surface area contributed by atoms with E-state index in [1.807, 2.05) is 37.4 Å². The first-order valence-corrected chi connectivity index (χ1v) is 6.48. The van der Waals surface area contributed by atoms with Crippen LogP contribution in [0.1, 0.15) is 16.1 Å². The normalized spacial score (nSPS) is 10.2. The van der Waals surface area contributed by atoms with Gasteiger partial charge in [-0.2, -0.15) is 0 Å². The molecule has 106 valence electrons. The van der Waals surface area contributed by atoms with Gasteiger partial charge in [0, 0.05) is 18.7 Å². The van der Waals surface area contributed by atoms with Crippen LogP contribution in [0.3, 0.4) is 0 Å². The van der Waals surface area contributed by atoms with Crippen LogP contribution in [0.4, 0.5) is 0 Å². The maximum absolute atomic E-state index is 11.9.